The summed E-state index contributed by atoms with van der Waals surface area (Å²) in [5, 5.41) is 11.1. The normalized spacial score (nSPS) is 17.7. The van der Waals surface area contributed by atoms with Crippen molar-refractivity contribution in [3.05, 3.63) is 35.4 Å². The van der Waals surface area contributed by atoms with Crippen LogP contribution in [0.4, 0.5) is 8.78 Å². The van der Waals surface area contributed by atoms with Crippen molar-refractivity contribution < 1.29 is 28.3 Å². The Kier molecular flexibility index (Phi) is 5.83. The summed E-state index contributed by atoms with van der Waals surface area (Å²) in [6, 6.07) is 2.42. The minimum atomic E-state index is -1.09. The van der Waals surface area contributed by atoms with Crippen LogP contribution in [0, 0.1) is 11.6 Å². The van der Waals surface area contributed by atoms with Gasteiger partial charge >= 0.3 is 5.97 Å². The number of likely N-dealkylation sites (tertiary alicyclic amines) is 1. The van der Waals surface area contributed by atoms with Gasteiger partial charge in [0.15, 0.2) is 0 Å². The van der Waals surface area contributed by atoms with Gasteiger partial charge in [-0.15, -0.1) is 0 Å². The van der Waals surface area contributed by atoms with Crippen molar-refractivity contribution in [3.8, 4) is 0 Å². The molecule has 0 saturated carbocycles. The predicted octanol–water partition coefficient (Wildman–Crippen LogP) is 1.44. The maximum Gasteiger partial charge on any atom is 0.303 e. The van der Waals surface area contributed by atoms with Gasteiger partial charge in [-0.3, -0.25) is 14.4 Å². The summed E-state index contributed by atoms with van der Waals surface area (Å²) >= 11 is 0. The van der Waals surface area contributed by atoms with E-state index in [0.717, 1.165) is 12.1 Å². The van der Waals surface area contributed by atoms with E-state index in [4.69, 9.17) is 5.11 Å². The molecule has 2 amide bonds. The van der Waals surface area contributed by atoms with Crippen LogP contribution in [0.15, 0.2) is 18.2 Å². The highest BCUT2D eigenvalue weighted by Gasteiger charge is 2.30. The van der Waals surface area contributed by atoms with Crippen LogP contribution in [0.5, 0.6) is 0 Å². The van der Waals surface area contributed by atoms with Crippen molar-refractivity contribution in [1.82, 2.24) is 10.2 Å². The number of carbonyl (C=O) groups is 3. The molecule has 2 N–H and O–H groups in total. The summed E-state index contributed by atoms with van der Waals surface area (Å²) in [5.41, 5.74) is 0.197. The minimum absolute atomic E-state index is 0.00750. The third kappa shape index (κ3) is 4.74. The van der Waals surface area contributed by atoms with Gasteiger partial charge in [0, 0.05) is 31.1 Å². The van der Waals surface area contributed by atoms with Crippen LogP contribution in [0.3, 0.4) is 0 Å². The molecule has 0 aromatic heterocycles. The number of hydrogen-bond acceptors (Lipinski definition) is 3. The predicted molar refractivity (Wildman–Crippen MR) is 79.8 cm³/mol. The molecule has 1 heterocycles. The fourth-order valence-electron chi connectivity index (χ4n) is 2.57. The van der Waals surface area contributed by atoms with E-state index in [2.05, 4.69) is 5.32 Å². The highest BCUT2D eigenvalue weighted by molar-refractivity contribution is 5.89. The molecular formula is C16H18F2N2O4. The average molecular weight is 340 g/mol. The number of benzene rings is 1. The summed E-state index contributed by atoms with van der Waals surface area (Å²) < 4.78 is 26.6. The van der Waals surface area contributed by atoms with E-state index in [-0.39, 0.29) is 30.9 Å². The fraction of sp³-hybridized carbons (Fsp3) is 0.438. The van der Waals surface area contributed by atoms with Gasteiger partial charge < -0.3 is 15.3 Å². The van der Waals surface area contributed by atoms with Crippen molar-refractivity contribution in [2.75, 3.05) is 6.54 Å². The number of carboxylic acids is 1. The maximum absolute atomic E-state index is 13.7. The molecule has 1 unspecified atom stereocenters. The zero-order chi connectivity index (χ0) is 17.7. The van der Waals surface area contributed by atoms with Crippen LogP contribution < -0.4 is 5.32 Å². The van der Waals surface area contributed by atoms with Crippen LogP contribution in [-0.2, 0) is 20.9 Å². The number of nitrogens with one attached hydrogen (secondary N) is 1. The van der Waals surface area contributed by atoms with E-state index in [0.29, 0.717) is 19.4 Å². The molecule has 0 spiro atoms. The molecule has 24 heavy (non-hydrogen) atoms. The summed E-state index contributed by atoms with van der Waals surface area (Å²) in [5.74, 6) is -3.37. The lowest BCUT2D eigenvalue weighted by Gasteiger charge is -2.32. The highest BCUT2D eigenvalue weighted by atomic mass is 19.1. The van der Waals surface area contributed by atoms with Crippen molar-refractivity contribution in [2.24, 2.45) is 0 Å². The van der Waals surface area contributed by atoms with Gasteiger partial charge in [-0.25, -0.2) is 8.78 Å². The molecule has 2 rings (SSSR count). The molecule has 0 radical (unpaired) electrons. The van der Waals surface area contributed by atoms with Crippen molar-refractivity contribution in [1.29, 1.82) is 0 Å². The van der Waals surface area contributed by atoms with Gasteiger partial charge in [-0.1, -0.05) is 6.07 Å². The zero-order valence-corrected chi connectivity index (χ0v) is 12.9. The number of carboxylic acid groups (broad SMARTS) is 1. The quantitative estimate of drug-likeness (QED) is 0.820. The number of halogens is 2. The molecule has 1 aliphatic rings. The lowest BCUT2D eigenvalue weighted by molar-refractivity contribution is -0.140. The lowest BCUT2D eigenvalue weighted by atomic mass is 10.0. The summed E-state index contributed by atoms with van der Waals surface area (Å²) in [6.07, 6.45) is 0.557. The van der Waals surface area contributed by atoms with Crippen LogP contribution in [0.2, 0.25) is 0 Å². The van der Waals surface area contributed by atoms with E-state index in [1.165, 1.54) is 11.0 Å². The average Bonchev–Trinajstić information content (AvgIpc) is 2.51. The van der Waals surface area contributed by atoms with Crippen molar-refractivity contribution in [2.45, 2.75) is 38.3 Å². The number of aliphatic carboxylic acids is 1. The van der Waals surface area contributed by atoms with Gasteiger partial charge in [0.05, 0.1) is 6.42 Å². The Bertz CT molecular complexity index is 651. The van der Waals surface area contributed by atoms with Gasteiger partial charge in [-0.05, 0) is 18.9 Å². The van der Waals surface area contributed by atoms with E-state index in [1.807, 2.05) is 0 Å². The number of piperidine rings is 1. The highest BCUT2D eigenvalue weighted by Crippen LogP contribution is 2.18. The van der Waals surface area contributed by atoms with Crippen molar-refractivity contribution in [3.63, 3.8) is 0 Å². The van der Waals surface area contributed by atoms with E-state index in [9.17, 15) is 23.2 Å². The Morgan fingerprint density at radius 1 is 1.29 bits per heavy atom. The Labute approximate surface area is 137 Å². The standard InChI is InChI=1S/C16H18F2N2O4/c17-11-4-3-10(12(18)8-11)9-20-7-1-2-13(16(20)24)19-14(21)5-6-15(22)23/h3-4,8,13H,1-2,5-7,9H2,(H,19,21)(H,22,23). The number of nitrogens with zero attached hydrogens (tertiary/aromatic N) is 1. The molecule has 1 fully saturated rings. The number of carbonyl (C=O) groups excluding carboxylic acids is 2. The van der Waals surface area contributed by atoms with Gasteiger partial charge in [0.1, 0.15) is 17.7 Å². The molecule has 130 valence electrons. The third-order valence-corrected chi connectivity index (χ3v) is 3.81. The first kappa shape index (κ1) is 17.8. The fourth-order valence-corrected chi connectivity index (χ4v) is 2.57. The Hall–Kier alpha value is -2.51. The SMILES string of the molecule is O=C(O)CCC(=O)NC1CCCN(Cc2ccc(F)cc2F)C1=O. The van der Waals surface area contributed by atoms with Gasteiger partial charge in [-0.2, -0.15) is 0 Å². The first-order valence-corrected chi connectivity index (χ1v) is 7.60. The first-order chi connectivity index (χ1) is 11.4. The van der Waals surface area contributed by atoms with Crippen molar-refractivity contribution >= 4 is 17.8 Å². The Morgan fingerprint density at radius 3 is 2.71 bits per heavy atom. The third-order valence-electron chi connectivity index (χ3n) is 3.81. The Balaban J connectivity index is 1.96. The number of amides is 2. The van der Waals surface area contributed by atoms with E-state index < -0.39 is 29.6 Å². The van der Waals surface area contributed by atoms with E-state index in [1.54, 1.807) is 0 Å². The van der Waals surface area contributed by atoms with Crippen LogP contribution >= 0.6 is 0 Å². The molecule has 1 aromatic rings. The number of rotatable bonds is 6. The molecule has 1 aromatic carbocycles. The summed E-state index contributed by atoms with van der Waals surface area (Å²) in [4.78, 5) is 35.9. The maximum atomic E-state index is 13.7. The first-order valence-electron chi connectivity index (χ1n) is 7.60. The van der Waals surface area contributed by atoms with Crippen LogP contribution in [-0.4, -0.2) is 40.4 Å². The Morgan fingerprint density at radius 2 is 2.04 bits per heavy atom. The van der Waals surface area contributed by atoms with E-state index >= 15 is 0 Å². The second kappa shape index (κ2) is 7.85. The topological polar surface area (TPSA) is 86.7 Å². The zero-order valence-electron chi connectivity index (χ0n) is 12.9. The molecule has 0 aliphatic carbocycles. The van der Waals surface area contributed by atoms with Crippen LogP contribution in [0.25, 0.3) is 0 Å². The molecule has 6 nitrogen and oxygen atoms in total. The number of hydrogen-bond donors (Lipinski definition) is 2. The summed E-state index contributed by atoms with van der Waals surface area (Å²) in [7, 11) is 0. The molecule has 1 saturated heterocycles. The molecular weight excluding hydrogens is 322 g/mol. The summed E-state index contributed by atoms with van der Waals surface area (Å²) in [6.45, 7) is 0.406. The molecule has 8 heteroatoms. The largest absolute Gasteiger partial charge is 0.481 e. The monoisotopic (exact) mass is 340 g/mol. The second-order valence-corrected chi connectivity index (χ2v) is 5.65. The van der Waals surface area contributed by atoms with Gasteiger partial charge in [0.2, 0.25) is 11.8 Å². The van der Waals surface area contributed by atoms with Crippen LogP contribution in [0.1, 0.15) is 31.2 Å². The molecule has 1 aliphatic heterocycles. The molecule has 0 bridgehead atoms. The molecule has 1 atom stereocenters. The lowest BCUT2D eigenvalue weighted by Crippen LogP contribution is -2.52. The van der Waals surface area contributed by atoms with Gasteiger partial charge in [0.25, 0.3) is 0 Å². The minimum Gasteiger partial charge on any atom is -0.481 e. The second-order valence-electron chi connectivity index (χ2n) is 5.65. The smallest absolute Gasteiger partial charge is 0.303 e.